The van der Waals surface area contributed by atoms with Gasteiger partial charge in [-0.3, -0.25) is 9.69 Å². The Morgan fingerprint density at radius 3 is 2.81 bits per heavy atom. The summed E-state index contributed by atoms with van der Waals surface area (Å²) in [5.74, 6) is 0.120. The molecule has 0 bridgehead atoms. The summed E-state index contributed by atoms with van der Waals surface area (Å²) < 4.78 is 1.03. The summed E-state index contributed by atoms with van der Waals surface area (Å²) in [6.07, 6.45) is 2.40. The number of rotatable bonds is 1. The van der Waals surface area contributed by atoms with Gasteiger partial charge in [-0.05, 0) is 44.1 Å². The molecule has 2 aliphatic rings. The van der Waals surface area contributed by atoms with Crippen molar-refractivity contribution in [3.05, 3.63) is 28.2 Å². The van der Waals surface area contributed by atoms with Gasteiger partial charge in [0.15, 0.2) is 0 Å². The number of fused-ring (bicyclic) bond motifs is 1. The molecular formula is C12H13BrN2O. The van der Waals surface area contributed by atoms with Crippen molar-refractivity contribution in [1.82, 2.24) is 4.90 Å². The Morgan fingerprint density at radius 2 is 2.06 bits per heavy atom. The molecule has 3 nitrogen and oxygen atoms in total. The lowest BCUT2D eigenvalue weighted by Gasteiger charge is -2.21. The van der Waals surface area contributed by atoms with Gasteiger partial charge in [-0.15, -0.1) is 0 Å². The minimum atomic E-state index is -0.0741. The number of hydrogen-bond donors (Lipinski definition) is 1. The minimum absolute atomic E-state index is 0.0741. The SMILES string of the molecule is O=C1Nc2ccc(Br)cc2C1N1CCCC1. The molecule has 4 heteroatoms. The largest absolute Gasteiger partial charge is 0.324 e. The van der Waals surface area contributed by atoms with Gasteiger partial charge in [-0.1, -0.05) is 15.9 Å². The summed E-state index contributed by atoms with van der Waals surface area (Å²) in [6, 6.07) is 5.91. The molecule has 84 valence electrons. The molecule has 0 aliphatic carbocycles. The van der Waals surface area contributed by atoms with Crippen molar-refractivity contribution in [2.24, 2.45) is 0 Å². The molecule has 1 aromatic carbocycles. The fourth-order valence-corrected chi connectivity index (χ4v) is 2.96. The third-order valence-corrected chi connectivity index (χ3v) is 3.81. The van der Waals surface area contributed by atoms with Gasteiger partial charge in [-0.2, -0.15) is 0 Å². The number of nitrogens with zero attached hydrogens (tertiary/aromatic N) is 1. The first-order chi connectivity index (χ1) is 7.75. The Morgan fingerprint density at radius 1 is 1.31 bits per heavy atom. The van der Waals surface area contributed by atoms with Crippen LogP contribution in [0.15, 0.2) is 22.7 Å². The van der Waals surface area contributed by atoms with Crippen LogP contribution in [-0.2, 0) is 4.79 Å². The highest BCUT2D eigenvalue weighted by atomic mass is 79.9. The highest BCUT2D eigenvalue weighted by Crippen LogP contribution is 2.37. The summed E-state index contributed by atoms with van der Waals surface area (Å²) in [5, 5.41) is 2.95. The van der Waals surface area contributed by atoms with E-state index in [-0.39, 0.29) is 11.9 Å². The highest BCUT2D eigenvalue weighted by Gasteiger charge is 2.36. The highest BCUT2D eigenvalue weighted by molar-refractivity contribution is 9.10. The Labute approximate surface area is 103 Å². The molecule has 16 heavy (non-hydrogen) atoms. The second kappa shape index (κ2) is 3.86. The molecule has 0 aromatic heterocycles. The third-order valence-electron chi connectivity index (χ3n) is 3.32. The zero-order valence-electron chi connectivity index (χ0n) is 8.87. The van der Waals surface area contributed by atoms with Crippen LogP contribution in [0, 0.1) is 0 Å². The molecular weight excluding hydrogens is 268 g/mol. The van der Waals surface area contributed by atoms with E-state index >= 15 is 0 Å². The topological polar surface area (TPSA) is 32.3 Å². The van der Waals surface area contributed by atoms with Gasteiger partial charge in [-0.25, -0.2) is 0 Å². The lowest BCUT2D eigenvalue weighted by atomic mass is 10.1. The molecule has 1 N–H and O–H groups in total. The molecule has 0 radical (unpaired) electrons. The Bertz CT molecular complexity index is 441. The Balaban J connectivity index is 2.00. The molecule has 1 unspecified atom stereocenters. The van der Waals surface area contributed by atoms with E-state index in [1.165, 1.54) is 12.8 Å². The molecule has 1 aromatic rings. The lowest BCUT2D eigenvalue weighted by Crippen LogP contribution is -2.30. The van der Waals surface area contributed by atoms with Crippen LogP contribution in [0.1, 0.15) is 24.4 Å². The second-order valence-corrected chi connectivity index (χ2v) is 5.28. The van der Waals surface area contributed by atoms with Crippen LogP contribution in [-0.4, -0.2) is 23.9 Å². The van der Waals surface area contributed by atoms with Crippen molar-refractivity contribution in [2.75, 3.05) is 18.4 Å². The van der Waals surface area contributed by atoms with E-state index in [1.54, 1.807) is 0 Å². The number of likely N-dealkylation sites (tertiary alicyclic amines) is 1. The summed E-state index contributed by atoms with van der Waals surface area (Å²) in [7, 11) is 0. The Kier molecular flexibility index (Phi) is 2.48. The van der Waals surface area contributed by atoms with E-state index < -0.39 is 0 Å². The molecule has 1 fully saturated rings. The standard InChI is InChI=1S/C12H13BrN2O/c13-8-3-4-10-9(7-8)11(12(16)14-10)15-5-1-2-6-15/h3-4,7,11H,1-2,5-6H2,(H,14,16). The maximum atomic E-state index is 12.0. The smallest absolute Gasteiger partial charge is 0.246 e. The first-order valence-electron chi connectivity index (χ1n) is 5.60. The van der Waals surface area contributed by atoms with Crippen molar-refractivity contribution in [2.45, 2.75) is 18.9 Å². The van der Waals surface area contributed by atoms with Crippen LogP contribution in [0.4, 0.5) is 5.69 Å². The van der Waals surface area contributed by atoms with Gasteiger partial charge in [0, 0.05) is 15.7 Å². The van der Waals surface area contributed by atoms with Crippen molar-refractivity contribution in [1.29, 1.82) is 0 Å². The van der Waals surface area contributed by atoms with E-state index in [1.807, 2.05) is 12.1 Å². The number of hydrogen-bond acceptors (Lipinski definition) is 2. The zero-order chi connectivity index (χ0) is 11.1. The van der Waals surface area contributed by atoms with E-state index in [2.05, 4.69) is 32.2 Å². The molecule has 1 atom stereocenters. The molecule has 2 aliphatic heterocycles. The predicted molar refractivity (Wildman–Crippen MR) is 66.3 cm³/mol. The quantitative estimate of drug-likeness (QED) is 0.858. The van der Waals surface area contributed by atoms with Gasteiger partial charge in [0.05, 0.1) is 0 Å². The minimum Gasteiger partial charge on any atom is -0.324 e. The fourth-order valence-electron chi connectivity index (χ4n) is 2.58. The summed E-state index contributed by atoms with van der Waals surface area (Å²) in [4.78, 5) is 14.2. The van der Waals surface area contributed by atoms with E-state index in [9.17, 15) is 4.79 Å². The molecule has 2 heterocycles. The van der Waals surface area contributed by atoms with Crippen molar-refractivity contribution in [3.63, 3.8) is 0 Å². The number of amides is 1. The monoisotopic (exact) mass is 280 g/mol. The summed E-state index contributed by atoms with van der Waals surface area (Å²) in [6.45, 7) is 2.06. The maximum Gasteiger partial charge on any atom is 0.246 e. The van der Waals surface area contributed by atoms with Crippen LogP contribution in [0.3, 0.4) is 0 Å². The normalized spacial score (nSPS) is 24.6. The zero-order valence-corrected chi connectivity index (χ0v) is 10.5. The Hall–Kier alpha value is -0.870. The number of anilines is 1. The first-order valence-corrected chi connectivity index (χ1v) is 6.39. The number of nitrogens with one attached hydrogen (secondary N) is 1. The van der Waals surface area contributed by atoms with Crippen LogP contribution < -0.4 is 5.32 Å². The number of benzene rings is 1. The van der Waals surface area contributed by atoms with Crippen molar-refractivity contribution >= 4 is 27.5 Å². The number of carbonyl (C=O) groups excluding carboxylic acids is 1. The average Bonchev–Trinajstić information content (AvgIpc) is 2.83. The van der Waals surface area contributed by atoms with E-state index in [4.69, 9.17) is 0 Å². The molecule has 0 spiro atoms. The lowest BCUT2D eigenvalue weighted by molar-refractivity contribution is -0.120. The first kappa shape index (κ1) is 10.3. The van der Waals surface area contributed by atoms with Crippen LogP contribution in [0.5, 0.6) is 0 Å². The van der Waals surface area contributed by atoms with Crippen molar-refractivity contribution < 1.29 is 4.79 Å². The summed E-state index contributed by atoms with van der Waals surface area (Å²) in [5.41, 5.74) is 2.08. The number of carbonyl (C=O) groups is 1. The molecule has 1 saturated heterocycles. The fraction of sp³-hybridized carbons (Fsp3) is 0.417. The summed E-state index contributed by atoms with van der Waals surface area (Å²) >= 11 is 3.46. The predicted octanol–water partition coefficient (Wildman–Crippen LogP) is 2.54. The molecule has 0 saturated carbocycles. The van der Waals surface area contributed by atoms with Crippen LogP contribution in [0.25, 0.3) is 0 Å². The maximum absolute atomic E-state index is 12.0. The van der Waals surface area contributed by atoms with Gasteiger partial charge < -0.3 is 5.32 Å². The van der Waals surface area contributed by atoms with Crippen molar-refractivity contribution in [3.8, 4) is 0 Å². The van der Waals surface area contributed by atoms with Gasteiger partial charge in [0.25, 0.3) is 0 Å². The molecule has 3 rings (SSSR count). The molecule has 1 amide bonds. The average molecular weight is 281 g/mol. The van der Waals surface area contributed by atoms with Crippen LogP contribution >= 0.6 is 15.9 Å². The van der Waals surface area contributed by atoms with Gasteiger partial charge >= 0.3 is 0 Å². The van der Waals surface area contributed by atoms with Crippen LogP contribution in [0.2, 0.25) is 0 Å². The number of halogens is 1. The third kappa shape index (κ3) is 1.57. The second-order valence-electron chi connectivity index (χ2n) is 4.37. The van der Waals surface area contributed by atoms with Gasteiger partial charge in [0.1, 0.15) is 6.04 Å². The van der Waals surface area contributed by atoms with E-state index in [0.717, 1.165) is 28.8 Å². The van der Waals surface area contributed by atoms with E-state index in [0.29, 0.717) is 0 Å². The van der Waals surface area contributed by atoms with Gasteiger partial charge in [0.2, 0.25) is 5.91 Å².